The Bertz CT molecular complexity index is 570. The second kappa shape index (κ2) is 5.49. The maximum atomic E-state index is 11.4. The van der Waals surface area contributed by atoms with Gasteiger partial charge in [-0.05, 0) is 17.2 Å². The Morgan fingerprint density at radius 3 is 2.58 bits per heavy atom. The summed E-state index contributed by atoms with van der Waals surface area (Å²) in [5.41, 5.74) is 2.40. The molecule has 0 spiro atoms. The van der Waals surface area contributed by atoms with E-state index in [1.165, 1.54) is 16.0 Å². The first-order valence-electron chi connectivity index (χ1n) is 6.38. The molecule has 3 heteroatoms. The van der Waals surface area contributed by atoms with Gasteiger partial charge in [-0.15, -0.1) is 11.8 Å². The lowest BCUT2D eigenvalue weighted by atomic mass is 9.97. The molecule has 1 amide bonds. The van der Waals surface area contributed by atoms with Crippen molar-refractivity contribution in [3.63, 3.8) is 0 Å². The molecule has 3 rings (SSSR count). The molecule has 0 saturated carbocycles. The van der Waals surface area contributed by atoms with Crippen LogP contribution in [0.3, 0.4) is 0 Å². The minimum absolute atomic E-state index is 0.0323. The first-order chi connectivity index (χ1) is 9.40. The molecule has 1 unspecified atom stereocenters. The van der Waals surface area contributed by atoms with Crippen LogP contribution in [0, 0.1) is 0 Å². The predicted molar refractivity (Wildman–Crippen MR) is 78.2 cm³/mol. The van der Waals surface area contributed by atoms with Crippen LogP contribution in [0.4, 0.5) is 0 Å². The molecule has 0 saturated heterocycles. The van der Waals surface area contributed by atoms with Crippen LogP contribution in [0.15, 0.2) is 59.5 Å². The van der Waals surface area contributed by atoms with Crippen molar-refractivity contribution in [3.8, 4) is 0 Å². The molecule has 2 nitrogen and oxygen atoms in total. The lowest BCUT2D eigenvalue weighted by Gasteiger charge is -2.27. The standard InChI is InChI=1S/C16H15NOS/c18-12-17-10-11-19-15-9-5-4-8-14(15)16(17)13-6-2-1-3-7-13/h1-9,12,16H,10-11H2. The van der Waals surface area contributed by atoms with Gasteiger partial charge in [0.2, 0.25) is 6.41 Å². The fraction of sp³-hybridized carbons (Fsp3) is 0.188. The van der Waals surface area contributed by atoms with E-state index in [-0.39, 0.29) is 6.04 Å². The monoisotopic (exact) mass is 269 g/mol. The number of hydrogen-bond donors (Lipinski definition) is 0. The van der Waals surface area contributed by atoms with Gasteiger partial charge in [0.15, 0.2) is 0 Å². The summed E-state index contributed by atoms with van der Waals surface area (Å²) in [6, 6.07) is 18.6. The molecule has 2 aromatic rings. The van der Waals surface area contributed by atoms with E-state index in [9.17, 15) is 4.79 Å². The van der Waals surface area contributed by atoms with Crippen molar-refractivity contribution in [2.24, 2.45) is 0 Å². The van der Waals surface area contributed by atoms with Crippen molar-refractivity contribution in [1.82, 2.24) is 4.90 Å². The number of benzene rings is 2. The van der Waals surface area contributed by atoms with Gasteiger partial charge in [-0.3, -0.25) is 4.79 Å². The number of carbonyl (C=O) groups excluding carboxylic acids is 1. The summed E-state index contributed by atoms with van der Waals surface area (Å²) in [6.45, 7) is 0.780. The summed E-state index contributed by atoms with van der Waals surface area (Å²) in [5, 5.41) is 0. The Kier molecular flexibility index (Phi) is 3.56. The molecule has 1 heterocycles. The van der Waals surface area contributed by atoms with Crippen LogP contribution in [0.25, 0.3) is 0 Å². The van der Waals surface area contributed by atoms with Crippen LogP contribution < -0.4 is 0 Å². The average molecular weight is 269 g/mol. The molecule has 0 N–H and O–H groups in total. The van der Waals surface area contributed by atoms with E-state index in [1.807, 2.05) is 40.9 Å². The Labute approximate surface area is 117 Å². The molecular formula is C16H15NOS. The molecule has 1 aliphatic heterocycles. The molecule has 0 fully saturated rings. The normalized spacial score (nSPS) is 18.5. The number of fused-ring (bicyclic) bond motifs is 1. The van der Waals surface area contributed by atoms with Crippen molar-refractivity contribution < 1.29 is 4.79 Å². The number of rotatable bonds is 2. The number of amides is 1. The van der Waals surface area contributed by atoms with Crippen LogP contribution in [-0.2, 0) is 4.79 Å². The molecular weight excluding hydrogens is 254 g/mol. The van der Waals surface area contributed by atoms with Gasteiger partial charge in [0.1, 0.15) is 0 Å². The van der Waals surface area contributed by atoms with Gasteiger partial charge in [0, 0.05) is 17.2 Å². The van der Waals surface area contributed by atoms with E-state index in [2.05, 4.69) is 30.3 Å². The Balaban J connectivity index is 2.13. The first kappa shape index (κ1) is 12.3. The Morgan fingerprint density at radius 2 is 1.79 bits per heavy atom. The quantitative estimate of drug-likeness (QED) is 0.779. The minimum atomic E-state index is 0.0323. The van der Waals surface area contributed by atoms with Crippen molar-refractivity contribution in [3.05, 3.63) is 65.7 Å². The summed E-state index contributed by atoms with van der Waals surface area (Å²) in [4.78, 5) is 14.6. The first-order valence-corrected chi connectivity index (χ1v) is 7.36. The summed E-state index contributed by atoms with van der Waals surface area (Å²) in [7, 11) is 0. The Morgan fingerprint density at radius 1 is 1.05 bits per heavy atom. The van der Waals surface area contributed by atoms with Crippen LogP contribution in [0.5, 0.6) is 0 Å². The van der Waals surface area contributed by atoms with Crippen molar-refractivity contribution in [2.75, 3.05) is 12.3 Å². The molecule has 0 radical (unpaired) electrons. The fourth-order valence-electron chi connectivity index (χ4n) is 2.53. The second-order valence-corrected chi connectivity index (χ2v) is 5.68. The zero-order valence-corrected chi connectivity index (χ0v) is 11.3. The number of thioether (sulfide) groups is 1. The molecule has 0 aromatic heterocycles. The van der Waals surface area contributed by atoms with Gasteiger partial charge in [-0.2, -0.15) is 0 Å². The second-order valence-electron chi connectivity index (χ2n) is 4.54. The average Bonchev–Trinajstić information content (AvgIpc) is 2.67. The van der Waals surface area contributed by atoms with Gasteiger partial charge >= 0.3 is 0 Å². The topological polar surface area (TPSA) is 20.3 Å². The summed E-state index contributed by atoms with van der Waals surface area (Å²) in [5.74, 6) is 0.944. The third-order valence-corrected chi connectivity index (χ3v) is 4.47. The SMILES string of the molecule is O=CN1CCSc2ccccc2C1c1ccccc1. The van der Waals surface area contributed by atoms with Gasteiger partial charge < -0.3 is 4.90 Å². The minimum Gasteiger partial charge on any atom is -0.333 e. The highest BCUT2D eigenvalue weighted by molar-refractivity contribution is 7.99. The smallest absolute Gasteiger partial charge is 0.210 e. The molecule has 0 bridgehead atoms. The van der Waals surface area contributed by atoms with Gasteiger partial charge in [-0.25, -0.2) is 0 Å². The number of nitrogens with zero attached hydrogens (tertiary/aromatic N) is 1. The molecule has 96 valence electrons. The van der Waals surface area contributed by atoms with Crippen molar-refractivity contribution in [2.45, 2.75) is 10.9 Å². The van der Waals surface area contributed by atoms with E-state index in [1.54, 1.807) is 0 Å². The predicted octanol–water partition coefficient (Wildman–Crippen LogP) is 3.34. The zero-order valence-electron chi connectivity index (χ0n) is 10.5. The number of carbonyl (C=O) groups is 1. The largest absolute Gasteiger partial charge is 0.333 e. The maximum Gasteiger partial charge on any atom is 0.210 e. The van der Waals surface area contributed by atoms with Gasteiger partial charge in [0.05, 0.1) is 6.04 Å². The van der Waals surface area contributed by atoms with E-state index >= 15 is 0 Å². The van der Waals surface area contributed by atoms with Crippen molar-refractivity contribution >= 4 is 18.2 Å². The highest BCUT2D eigenvalue weighted by Gasteiger charge is 2.25. The van der Waals surface area contributed by atoms with Crippen LogP contribution in [-0.4, -0.2) is 23.6 Å². The van der Waals surface area contributed by atoms with Crippen LogP contribution in [0.1, 0.15) is 17.2 Å². The maximum absolute atomic E-state index is 11.4. The van der Waals surface area contributed by atoms with Crippen LogP contribution >= 0.6 is 11.8 Å². The molecule has 1 atom stereocenters. The summed E-state index contributed by atoms with van der Waals surface area (Å²) in [6.07, 6.45) is 0.973. The van der Waals surface area contributed by atoms with E-state index in [4.69, 9.17) is 0 Å². The van der Waals surface area contributed by atoms with Crippen molar-refractivity contribution in [1.29, 1.82) is 0 Å². The zero-order chi connectivity index (χ0) is 13.1. The third-order valence-electron chi connectivity index (χ3n) is 3.40. The lowest BCUT2D eigenvalue weighted by Crippen LogP contribution is -2.29. The van der Waals surface area contributed by atoms with E-state index < -0.39 is 0 Å². The highest BCUT2D eigenvalue weighted by atomic mass is 32.2. The Hall–Kier alpha value is -1.74. The van der Waals surface area contributed by atoms with Crippen LogP contribution in [0.2, 0.25) is 0 Å². The van der Waals surface area contributed by atoms with E-state index in [0.717, 1.165) is 18.7 Å². The molecule has 2 aromatic carbocycles. The lowest BCUT2D eigenvalue weighted by molar-refractivity contribution is -0.119. The third kappa shape index (κ3) is 2.38. The molecule has 19 heavy (non-hydrogen) atoms. The van der Waals surface area contributed by atoms with Gasteiger partial charge in [0.25, 0.3) is 0 Å². The fourth-order valence-corrected chi connectivity index (χ4v) is 3.57. The van der Waals surface area contributed by atoms with Gasteiger partial charge in [-0.1, -0.05) is 48.5 Å². The van der Waals surface area contributed by atoms with E-state index in [0.29, 0.717) is 0 Å². The highest BCUT2D eigenvalue weighted by Crippen LogP contribution is 2.37. The molecule has 0 aliphatic carbocycles. The summed E-state index contributed by atoms with van der Waals surface area (Å²) >= 11 is 1.83. The summed E-state index contributed by atoms with van der Waals surface area (Å²) < 4.78 is 0. The molecule has 1 aliphatic rings. The number of hydrogen-bond acceptors (Lipinski definition) is 2.